The number of anilines is 1. The van der Waals surface area contributed by atoms with Crippen molar-refractivity contribution in [1.29, 1.82) is 0 Å². The van der Waals surface area contributed by atoms with Crippen LogP contribution < -0.4 is 9.47 Å². The Bertz CT molecular complexity index is 1050. The minimum Gasteiger partial charge on any atom is -0.335 e. The van der Waals surface area contributed by atoms with Crippen LogP contribution in [-0.2, 0) is 6.54 Å². The van der Waals surface area contributed by atoms with Gasteiger partial charge in [-0.2, -0.15) is 4.57 Å². The Balaban J connectivity index is 0.00000225. The number of aromatic nitrogens is 1. The second-order valence-corrected chi connectivity index (χ2v) is 8.34. The van der Waals surface area contributed by atoms with Gasteiger partial charge in [-0.15, -0.1) is 24.0 Å². The highest BCUT2D eigenvalue weighted by Crippen LogP contribution is 2.45. The normalized spacial score (nSPS) is 15.1. The van der Waals surface area contributed by atoms with E-state index < -0.39 is 0 Å². The first-order chi connectivity index (χ1) is 13.3. The summed E-state index contributed by atoms with van der Waals surface area (Å²) in [5.41, 5.74) is 2.63. The molecule has 0 amide bonds. The molecule has 144 valence electrons. The Morgan fingerprint density at radius 1 is 0.964 bits per heavy atom. The Morgan fingerprint density at radius 2 is 1.75 bits per heavy atom. The zero-order valence-corrected chi connectivity index (χ0v) is 20.0. The first kappa shape index (κ1) is 21.1. The van der Waals surface area contributed by atoms with Gasteiger partial charge < -0.3 is 4.90 Å². The molecule has 0 unspecified atom stereocenters. The molecule has 5 heteroatoms. The average Bonchev–Trinajstić information content (AvgIpc) is 3.24. The summed E-state index contributed by atoms with van der Waals surface area (Å²) in [5, 5.41) is 2.57. The molecule has 1 aliphatic rings. The summed E-state index contributed by atoms with van der Waals surface area (Å²) in [6.07, 6.45) is 10.8. The highest BCUT2D eigenvalue weighted by molar-refractivity contribution is 14.0. The second kappa shape index (κ2) is 9.76. The zero-order chi connectivity index (χ0) is 18.6. The number of thioether (sulfide) groups is 1. The van der Waals surface area contributed by atoms with Gasteiger partial charge in [-0.3, -0.25) is 0 Å². The number of rotatable bonds is 5. The van der Waals surface area contributed by atoms with E-state index in [0.717, 1.165) is 13.1 Å². The van der Waals surface area contributed by atoms with E-state index in [-0.39, 0.29) is 24.0 Å². The molecule has 0 saturated carbocycles. The van der Waals surface area contributed by atoms with Crippen molar-refractivity contribution in [3.63, 3.8) is 0 Å². The molecule has 0 aliphatic carbocycles. The topological polar surface area (TPSA) is 7.12 Å². The van der Waals surface area contributed by atoms with E-state index in [1.165, 1.54) is 30.8 Å². The van der Waals surface area contributed by atoms with E-state index in [0.29, 0.717) is 0 Å². The number of thiazole rings is 1. The van der Waals surface area contributed by atoms with Crippen molar-refractivity contribution < 1.29 is 4.57 Å². The summed E-state index contributed by atoms with van der Waals surface area (Å²) < 4.78 is 3.70. The molecule has 28 heavy (non-hydrogen) atoms. The Kier molecular flexibility index (Phi) is 7.37. The van der Waals surface area contributed by atoms with E-state index in [2.05, 4.69) is 102 Å². The summed E-state index contributed by atoms with van der Waals surface area (Å²) in [6, 6.07) is 17.2. The number of fused-ring (bicyclic) bond motifs is 2. The Hall–Kier alpha value is -1.57. The zero-order valence-electron chi connectivity index (χ0n) is 16.0. The molecular formula is C23H24IN2S2+. The number of allylic oxidation sites excluding steroid dienone is 4. The van der Waals surface area contributed by atoms with Crippen molar-refractivity contribution in [3.05, 3.63) is 82.9 Å². The lowest BCUT2D eigenvalue weighted by Gasteiger charge is -2.17. The first-order valence-electron chi connectivity index (χ1n) is 9.32. The number of hydrogen-bond acceptors (Lipinski definition) is 3. The van der Waals surface area contributed by atoms with Crippen LogP contribution in [0, 0.1) is 0 Å². The molecule has 2 nitrogen and oxygen atoms in total. The van der Waals surface area contributed by atoms with Gasteiger partial charge in [0.25, 0.3) is 5.01 Å². The predicted molar refractivity (Wildman–Crippen MR) is 135 cm³/mol. The van der Waals surface area contributed by atoms with Crippen LogP contribution in [0.1, 0.15) is 18.9 Å². The van der Waals surface area contributed by atoms with Gasteiger partial charge in [0.1, 0.15) is 11.2 Å². The van der Waals surface area contributed by atoms with E-state index in [1.54, 1.807) is 0 Å². The largest absolute Gasteiger partial charge is 0.335 e. The fourth-order valence-electron chi connectivity index (χ4n) is 3.35. The van der Waals surface area contributed by atoms with Crippen LogP contribution in [-0.4, -0.2) is 6.54 Å². The molecule has 2 aromatic carbocycles. The van der Waals surface area contributed by atoms with E-state index in [9.17, 15) is 0 Å². The lowest BCUT2D eigenvalue weighted by atomic mass is 10.3. The van der Waals surface area contributed by atoms with Gasteiger partial charge in [-0.1, -0.05) is 65.6 Å². The van der Waals surface area contributed by atoms with Crippen LogP contribution in [0.4, 0.5) is 5.69 Å². The average molecular weight is 519 g/mol. The van der Waals surface area contributed by atoms with Crippen molar-refractivity contribution in [2.24, 2.45) is 0 Å². The van der Waals surface area contributed by atoms with Gasteiger partial charge in [0.15, 0.2) is 0 Å². The van der Waals surface area contributed by atoms with Gasteiger partial charge in [-0.05, 0) is 38.1 Å². The van der Waals surface area contributed by atoms with Crippen molar-refractivity contribution in [1.82, 2.24) is 0 Å². The third kappa shape index (κ3) is 4.21. The molecule has 0 spiro atoms. The summed E-state index contributed by atoms with van der Waals surface area (Å²) in [4.78, 5) is 3.70. The summed E-state index contributed by atoms with van der Waals surface area (Å²) in [7, 11) is 0. The lowest BCUT2D eigenvalue weighted by molar-refractivity contribution is -0.665. The van der Waals surface area contributed by atoms with Crippen LogP contribution in [0.25, 0.3) is 16.3 Å². The molecule has 1 aromatic heterocycles. The summed E-state index contributed by atoms with van der Waals surface area (Å²) >= 11 is 3.68. The Labute approximate surface area is 192 Å². The van der Waals surface area contributed by atoms with Crippen molar-refractivity contribution in [2.75, 3.05) is 11.4 Å². The molecule has 0 N–H and O–H groups in total. The molecule has 0 atom stereocenters. The SMILES string of the molecule is CCN1/C(=C/C=C/C=C/c2sc3ccccc3[n+]2CC)Sc2ccccc21.I. The molecule has 0 bridgehead atoms. The van der Waals surface area contributed by atoms with Crippen LogP contribution in [0.5, 0.6) is 0 Å². The quantitative estimate of drug-likeness (QED) is 0.206. The number of nitrogens with zero attached hydrogens (tertiary/aromatic N) is 2. The van der Waals surface area contributed by atoms with Gasteiger partial charge >= 0.3 is 0 Å². The summed E-state index contributed by atoms with van der Waals surface area (Å²) in [6.45, 7) is 6.37. The van der Waals surface area contributed by atoms with Gasteiger partial charge in [0.05, 0.1) is 10.7 Å². The first-order valence-corrected chi connectivity index (χ1v) is 11.0. The highest BCUT2D eigenvalue weighted by atomic mass is 127. The third-order valence-corrected chi connectivity index (χ3v) is 6.87. The van der Waals surface area contributed by atoms with Gasteiger partial charge in [0.2, 0.25) is 5.52 Å². The highest BCUT2D eigenvalue weighted by Gasteiger charge is 2.22. The van der Waals surface area contributed by atoms with Crippen molar-refractivity contribution in [2.45, 2.75) is 25.3 Å². The molecule has 0 radical (unpaired) electrons. The Morgan fingerprint density at radius 3 is 2.57 bits per heavy atom. The van der Waals surface area contributed by atoms with Crippen LogP contribution in [0.15, 0.2) is 82.8 Å². The molecule has 0 saturated heterocycles. The van der Waals surface area contributed by atoms with E-state index in [1.807, 2.05) is 23.1 Å². The fraction of sp³-hybridized carbons (Fsp3) is 0.174. The van der Waals surface area contributed by atoms with E-state index in [4.69, 9.17) is 0 Å². The molecular weight excluding hydrogens is 495 g/mol. The van der Waals surface area contributed by atoms with Gasteiger partial charge in [0, 0.05) is 23.6 Å². The number of benzene rings is 2. The van der Waals surface area contributed by atoms with Crippen LogP contribution >= 0.6 is 47.1 Å². The van der Waals surface area contributed by atoms with Crippen LogP contribution in [0.3, 0.4) is 0 Å². The fourth-order valence-corrected chi connectivity index (χ4v) is 5.62. The molecule has 4 rings (SSSR count). The molecule has 0 fully saturated rings. The van der Waals surface area contributed by atoms with Crippen LogP contribution in [0.2, 0.25) is 0 Å². The van der Waals surface area contributed by atoms with Crippen molar-refractivity contribution in [3.8, 4) is 0 Å². The minimum absolute atomic E-state index is 0. The smallest absolute Gasteiger partial charge is 0.262 e. The minimum atomic E-state index is 0. The molecule has 1 aliphatic heterocycles. The number of para-hydroxylation sites is 2. The summed E-state index contributed by atoms with van der Waals surface area (Å²) in [5.74, 6) is 0. The maximum atomic E-state index is 2.37. The standard InChI is InChI=1S/C23H23N2S2.HI/c1-3-24-18-12-8-10-14-20(18)26-22(24)16-6-5-7-17-23-25(4-2)19-13-9-11-15-21(19)27-23;/h5-17H,3-4H2,1-2H3;1H/q+1;. The maximum Gasteiger partial charge on any atom is 0.262 e. The van der Waals surface area contributed by atoms with Gasteiger partial charge in [-0.25, -0.2) is 0 Å². The van der Waals surface area contributed by atoms with Crippen molar-refractivity contribution >= 4 is 69.1 Å². The third-order valence-electron chi connectivity index (χ3n) is 4.61. The number of halogens is 1. The second-order valence-electron chi connectivity index (χ2n) is 6.22. The number of hydrogen-bond donors (Lipinski definition) is 0. The predicted octanol–water partition coefficient (Wildman–Crippen LogP) is 6.87. The molecule has 2 heterocycles. The maximum absolute atomic E-state index is 2.37. The lowest BCUT2D eigenvalue weighted by Crippen LogP contribution is -2.33. The van der Waals surface area contributed by atoms with E-state index >= 15 is 0 Å². The monoisotopic (exact) mass is 519 g/mol. The molecule has 3 aromatic rings. The number of aryl methyl sites for hydroxylation is 1.